The number of aromatic nitrogens is 1. The number of pyridine rings is 1. The molecule has 1 aromatic rings. The Morgan fingerprint density at radius 3 is 2.75 bits per heavy atom. The Bertz CT molecular complexity index is 482. The topological polar surface area (TPSA) is 39.6 Å². The second-order valence-corrected chi connectivity index (χ2v) is 9.07. The third-order valence-corrected chi connectivity index (χ3v) is 7.58. The van der Waals surface area contributed by atoms with Crippen LogP contribution in [0, 0.1) is 0 Å². The Labute approximate surface area is 154 Å². The largest absolute Gasteiger partial charge is 0.390 e. The summed E-state index contributed by atoms with van der Waals surface area (Å²) < 4.78 is 0. The van der Waals surface area contributed by atoms with E-state index in [9.17, 15) is 5.11 Å². The summed E-state index contributed by atoms with van der Waals surface area (Å²) in [6.07, 6.45) is 3.61. The molecule has 1 aromatic heterocycles. The summed E-state index contributed by atoms with van der Waals surface area (Å²) in [5.41, 5.74) is 1.13. The number of nitrogens with zero attached hydrogens (tertiary/aromatic N) is 3. The predicted octanol–water partition coefficient (Wildman–Crippen LogP) is 1.84. The average Bonchev–Trinajstić information content (AvgIpc) is 2.90. The average molecular weight is 368 g/mol. The first-order valence-corrected chi connectivity index (χ1v) is 11.2. The number of piperidine rings is 1. The maximum Gasteiger partial charge on any atom is 0.0822 e. The lowest BCUT2D eigenvalue weighted by Crippen LogP contribution is -2.56. The zero-order chi connectivity index (χ0) is 16.8. The van der Waals surface area contributed by atoms with Gasteiger partial charge >= 0.3 is 0 Å². The first kappa shape index (κ1) is 18.5. The smallest absolute Gasteiger partial charge is 0.0822 e. The second-order valence-electron chi connectivity index (χ2n) is 6.77. The molecule has 1 N–H and O–H groups in total. The first-order chi connectivity index (χ1) is 11.7. The standard InChI is InChI=1S/C18H29N3OS2/c1-20(8-5-15-4-2-3-7-19-15)17-6-9-21(12-18(17)22)16-13-23-10-11-24-14-16/h2-4,7,16-18,22H,5-6,8-14H2,1H3/t17-,18-/m1/s1. The van der Waals surface area contributed by atoms with E-state index < -0.39 is 0 Å². The molecule has 0 bridgehead atoms. The van der Waals surface area contributed by atoms with Crippen LogP contribution in [0.15, 0.2) is 24.4 Å². The lowest BCUT2D eigenvalue weighted by molar-refractivity contribution is -0.0119. The van der Waals surface area contributed by atoms with E-state index in [1.54, 1.807) is 0 Å². The van der Waals surface area contributed by atoms with Crippen molar-refractivity contribution >= 4 is 23.5 Å². The van der Waals surface area contributed by atoms with Crippen molar-refractivity contribution in [2.24, 2.45) is 0 Å². The van der Waals surface area contributed by atoms with Gasteiger partial charge in [0, 0.05) is 73.0 Å². The highest BCUT2D eigenvalue weighted by Crippen LogP contribution is 2.24. The summed E-state index contributed by atoms with van der Waals surface area (Å²) in [6, 6.07) is 6.98. The molecule has 0 saturated carbocycles. The van der Waals surface area contributed by atoms with Gasteiger partial charge in [0.15, 0.2) is 0 Å². The molecule has 0 spiro atoms. The SMILES string of the molecule is CN(CCc1ccccn1)[C@@H]1CCN(C2CSCCSC2)C[C@H]1O. The van der Waals surface area contributed by atoms with E-state index in [2.05, 4.69) is 51.4 Å². The number of rotatable bonds is 5. The number of aliphatic hydroxyl groups excluding tert-OH is 1. The van der Waals surface area contributed by atoms with Crippen LogP contribution in [0.25, 0.3) is 0 Å². The number of β-amino-alcohol motifs (C(OH)–C–C–N with tert-alkyl or cyclic N) is 1. The van der Waals surface area contributed by atoms with Crippen molar-refractivity contribution in [1.29, 1.82) is 0 Å². The van der Waals surface area contributed by atoms with Gasteiger partial charge in [-0.15, -0.1) is 0 Å². The molecule has 24 heavy (non-hydrogen) atoms. The number of likely N-dealkylation sites (N-methyl/N-ethyl adjacent to an activating group) is 1. The van der Waals surface area contributed by atoms with Gasteiger partial charge in [-0.2, -0.15) is 23.5 Å². The predicted molar refractivity (Wildman–Crippen MR) is 105 cm³/mol. The van der Waals surface area contributed by atoms with E-state index >= 15 is 0 Å². The molecule has 0 aliphatic carbocycles. The molecule has 134 valence electrons. The van der Waals surface area contributed by atoms with Crippen LogP contribution in [0.5, 0.6) is 0 Å². The highest BCUT2D eigenvalue weighted by atomic mass is 32.2. The molecule has 4 nitrogen and oxygen atoms in total. The molecule has 2 aliphatic rings. The van der Waals surface area contributed by atoms with Crippen LogP contribution < -0.4 is 0 Å². The third kappa shape index (κ3) is 5.11. The van der Waals surface area contributed by atoms with Crippen molar-refractivity contribution in [3.05, 3.63) is 30.1 Å². The van der Waals surface area contributed by atoms with Crippen LogP contribution in [0.1, 0.15) is 12.1 Å². The molecule has 2 saturated heterocycles. The van der Waals surface area contributed by atoms with Crippen molar-refractivity contribution < 1.29 is 5.11 Å². The van der Waals surface area contributed by atoms with Gasteiger partial charge in [0.1, 0.15) is 0 Å². The van der Waals surface area contributed by atoms with Crippen molar-refractivity contribution in [3.63, 3.8) is 0 Å². The molecule has 0 unspecified atom stereocenters. The summed E-state index contributed by atoms with van der Waals surface area (Å²) in [6.45, 7) is 2.89. The molecule has 2 fully saturated rings. The molecule has 6 heteroatoms. The lowest BCUT2D eigenvalue weighted by atomic mass is 9.99. The van der Waals surface area contributed by atoms with Crippen molar-refractivity contribution in [3.8, 4) is 0 Å². The van der Waals surface area contributed by atoms with Gasteiger partial charge in [-0.1, -0.05) is 6.07 Å². The summed E-state index contributed by atoms with van der Waals surface area (Å²) in [5, 5.41) is 10.7. The molecular formula is C18H29N3OS2. The van der Waals surface area contributed by atoms with Crippen molar-refractivity contribution in [2.45, 2.75) is 31.0 Å². The Morgan fingerprint density at radius 1 is 1.29 bits per heavy atom. The van der Waals surface area contributed by atoms with Gasteiger partial charge in [0.25, 0.3) is 0 Å². The molecule has 3 heterocycles. The quantitative estimate of drug-likeness (QED) is 0.856. The van der Waals surface area contributed by atoms with E-state index in [0.29, 0.717) is 6.04 Å². The van der Waals surface area contributed by atoms with Gasteiger partial charge < -0.3 is 10.0 Å². The summed E-state index contributed by atoms with van der Waals surface area (Å²) >= 11 is 4.14. The van der Waals surface area contributed by atoms with Crippen LogP contribution in [-0.2, 0) is 6.42 Å². The molecule has 3 rings (SSSR count). The van der Waals surface area contributed by atoms with Gasteiger partial charge in [-0.05, 0) is 25.6 Å². The van der Waals surface area contributed by atoms with Crippen LogP contribution in [0.4, 0.5) is 0 Å². The summed E-state index contributed by atoms with van der Waals surface area (Å²) in [5.74, 6) is 4.99. The Balaban J connectivity index is 1.47. The minimum Gasteiger partial charge on any atom is -0.390 e. The Hall–Kier alpha value is -0.270. The van der Waals surface area contributed by atoms with Gasteiger partial charge in [0.05, 0.1) is 6.10 Å². The molecule has 0 aromatic carbocycles. The number of hydrogen-bond donors (Lipinski definition) is 1. The number of aliphatic hydroxyl groups is 1. The minimum atomic E-state index is -0.245. The summed E-state index contributed by atoms with van der Waals surface area (Å²) in [4.78, 5) is 9.25. The number of thioether (sulfide) groups is 2. The molecule has 2 aliphatic heterocycles. The van der Waals surface area contributed by atoms with Crippen molar-refractivity contribution in [2.75, 3.05) is 49.7 Å². The highest BCUT2D eigenvalue weighted by molar-refractivity contribution is 8.03. The monoisotopic (exact) mass is 367 g/mol. The number of likely N-dealkylation sites (tertiary alicyclic amines) is 1. The van der Waals surface area contributed by atoms with E-state index in [0.717, 1.165) is 38.2 Å². The van der Waals surface area contributed by atoms with E-state index in [1.165, 1.54) is 23.0 Å². The Morgan fingerprint density at radius 2 is 2.08 bits per heavy atom. The van der Waals surface area contributed by atoms with Gasteiger partial charge in [-0.25, -0.2) is 0 Å². The van der Waals surface area contributed by atoms with Crippen LogP contribution in [0.2, 0.25) is 0 Å². The highest BCUT2D eigenvalue weighted by Gasteiger charge is 2.33. The number of hydrogen-bond acceptors (Lipinski definition) is 6. The fraction of sp³-hybridized carbons (Fsp3) is 0.722. The zero-order valence-electron chi connectivity index (χ0n) is 14.5. The maximum atomic E-state index is 10.7. The van der Waals surface area contributed by atoms with E-state index in [4.69, 9.17) is 0 Å². The maximum absolute atomic E-state index is 10.7. The summed E-state index contributed by atoms with van der Waals surface area (Å²) in [7, 11) is 2.14. The Kier molecular flexibility index (Phi) is 7.28. The normalized spacial score (nSPS) is 27.3. The van der Waals surface area contributed by atoms with Crippen molar-refractivity contribution in [1.82, 2.24) is 14.8 Å². The minimum absolute atomic E-state index is 0.245. The lowest BCUT2D eigenvalue weighted by Gasteiger charge is -2.43. The molecule has 0 amide bonds. The first-order valence-electron chi connectivity index (χ1n) is 8.92. The molecule has 2 atom stereocenters. The molecule has 0 radical (unpaired) electrons. The molecular weight excluding hydrogens is 338 g/mol. The van der Waals surface area contributed by atoms with Crippen LogP contribution in [0.3, 0.4) is 0 Å². The second kappa shape index (κ2) is 9.43. The van der Waals surface area contributed by atoms with Gasteiger partial charge in [-0.3, -0.25) is 9.88 Å². The van der Waals surface area contributed by atoms with E-state index in [-0.39, 0.29) is 12.1 Å². The zero-order valence-corrected chi connectivity index (χ0v) is 16.1. The fourth-order valence-corrected chi connectivity index (χ4v) is 6.23. The van der Waals surface area contributed by atoms with Crippen LogP contribution >= 0.6 is 23.5 Å². The van der Waals surface area contributed by atoms with Crippen LogP contribution in [-0.4, -0.2) is 87.8 Å². The van der Waals surface area contributed by atoms with E-state index in [1.807, 2.05) is 18.3 Å². The third-order valence-electron chi connectivity index (χ3n) is 5.10. The van der Waals surface area contributed by atoms with Gasteiger partial charge in [0.2, 0.25) is 0 Å². The fourth-order valence-electron chi connectivity index (χ4n) is 3.61.